The molecule has 0 aliphatic heterocycles. The minimum absolute atomic E-state index is 0.0461. The van der Waals surface area contributed by atoms with E-state index in [-0.39, 0.29) is 5.91 Å². The SMILES string of the molecule is CC(C)CCNC(=O)Cn1cnc(CNCC(C)C)c1. The smallest absolute Gasteiger partial charge is 0.239 e. The number of rotatable bonds is 9. The van der Waals surface area contributed by atoms with Gasteiger partial charge in [0.25, 0.3) is 0 Å². The average Bonchev–Trinajstić information content (AvgIpc) is 2.75. The number of carbonyl (C=O) groups excluding carboxylic acids is 1. The van der Waals surface area contributed by atoms with Crippen LogP contribution in [0.3, 0.4) is 0 Å². The maximum Gasteiger partial charge on any atom is 0.239 e. The number of amides is 1. The third kappa shape index (κ3) is 7.28. The van der Waals surface area contributed by atoms with Gasteiger partial charge in [-0.1, -0.05) is 27.7 Å². The molecule has 5 nitrogen and oxygen atoms in total. The molecule has 0 unspecified atom stereocenters. The molecule has 0 atom stereocenters. The molecule has 0 aliphatic carbocycles. The second-order valence-electron chi connectivity index (χ2n) is 6.09. The third-order valence-electron chi connectivity index (χ3n) is 2.92. The molecule has 0 saturated carbocycles. The van der Waals surface area contributed by atoms with Crippen molar-refractivity contribution in [3.63, 3.8) is 0 Å². The van der Waals surface area contributed by atoms with E-state index < -0.39 is 0 Å². The highest BCUT2D eigenvalue weighted by molar-refractivity contribution is 5.75. The van der Waals surface area contributed by atoms with Gasteiger partial charge in [-0.2, -0.15) is 0 Å². The maximum atomic E-state index is 11.7. The molecule has 20 heavy (non-hydrogen) atoms. The fourth-order valence-electron chi connectivity index (χ4n) is 1.80. The van der Waals surface area contributed by atoms with Gasteiger partial charge < -0.3 is 15.2 Å². The van der Waals surface area contributed by atoms with E-state index in [0.29, 0.717) is 18.4 Å². The van der Waals surface area contributed by atoms with Gasteiger partial charge in [0, 0.05) is 19.3 Å². The van der Waals surface area contributed by atoms with E-state index in [2.05, 4.69) is 43.3 Å². The number of imidazole rings is 1. The second kappa shape index (κ2) is 8.74. The zero-order valence-corrected chi connectivity index (χ0v) is 13.1. The summed E-state index contributed by atoms with van der Waals surface area (Å²) in [7, 11) is 0. The molecule has 0 saturated heterocycles. The second-order valence-corrected chi connectivity index (χ2v) is 6.09. The number of nitrogens with zero attached hydrogens (tertiary/aromatic N) is 2. The van der Waals surface area contributed by atoms with Gasteiger partial charge in [-0.15, -0.1) is 0 Å². The number of nitrogens with one attached hydrogen (secondary N) is 2. The van der Waals surface area contributed by atoms with E-state index in [4.69, 9.17) is 0 Å². The van der Waals surface area contributed by atoms with Crippen LogP contribution in [0.4, 0.5) is 0 Å². The largest absolute Gasteiger partial charge is 0.355 e. The zero-order chi connectivity index (χ0) is 15.0. The van der Waals surface area contributed by atoms with E-state index in [9.17, 15) is 4.79 Å². The van der Waals surface area contributed by atoms with Crippen LogP contribution >= 0.6 is 0 Å². The molecule has 1 aromatic heterocycles. The first kappa shape index (κ1) is 16.7. The van der Waals surface area contributed by atoms with Gasteiger partial charge in [-0.05, 0) is 24.8 Å². The van der Waals surface area contributed by atoms with Gasteiger partial charge in [-0.25, -0.2) is 4.98 Å². The van der Waals surface area contributed by atoms with Crippen LogP contribution < -0.4 is 10.6 Å². The summed E-state index contributed by atoms with van der Waals surface area (Å²) >= 11 is 0. The Morgan fingerprint density at radius 2 is 2.05 bits per heavy atom. The molecule has 114 valence electrons. The lowest BCUT2D eigenvalue weighted by atomic mass is 10.1. The van der Waals surface area contributed by atoms with E-state index in [1.165, 1.54) is 0 Å². The molecule has 0 aliphatic rings. The van der Waals surface area contributed by atoms with E-state index in [1.807, 2.05) is 10.8 Å². The van der Waals surface area contributed by atoms with Crippen molar-refractivity contribution in [2.45, 2.75) is 47.2 Å². The van der Waals surface area contributed by atoms with Gasteiger partial charge in [0.1, 0.15) is 6.54 Å². The summed E-state index contributed by atoms with van der Waals surface area (Å²) in [5, 5.41) is 6.26. The lowest BCUT2D eigenvalue weighted by Crippen LogP contribution is -2.28. The standard InChI is InChI=1S/C15H28N4O/c1-12(2)5-6-17-15(20)10-19-9-14(18-11-19)8-16-7-13(3)4/h9,11-13,16H,5-8,10H2,1-4H3,(H,17,20). The molecule has 1 aromatic rings. The van der Waals surface area contributed by atoms with Gasteiger partial charge in [0.2, 0.25) is 5.91 Å². The Morgan fingerprint density at radius 3 is 2.70 bits per heavy atom. The van der Waals surface area contributed by atoms with Crippen LogP contribution in [0.25, 0.3) is 0 Å². The topological polar surface area (TPSA) is 59.0 Å². The highest BCUT2D eigenvalue weighted by Crippen LogP contribution is 1.98. The highest BCUT2D eigenvalue weighted by Gasteiger charge is 2.05. The van der Waals surface area contributed by atoms with Crippen molar-refractivity contribution < 1.29 is 4.79 Å². The van der Waals surface area contributed by atoms with Crippen molar-refractivity contribution >= 4 is 5.91 Å². The molecule has 0 radical (unpaired) electrons. The molecule has 2 N–H and O–H groups in total. The van der Waals surface area contributed by atoms with Gasteiger partial charge in [0.15, 0.2) is 0 Å². The minimum Gasteiger partial charge on any atom is -0.355 e. The molecule has 0 spiro atoms. The minimum atomic E-state index is 0.0461. The average molecular weight is 280 g/mol. The van der Waals surface area contributed by atoms with Crippen LogP contribution in [0.5, 0.6) is 0 Å². The van der Waals surface area contributed by atoms with Crippen LogP contribution in [0.1, 0.15) is 39.8 Å². The normalized spacial score (nSPS) is 11.3. The van der Waals surface area contributed by atoms with Crippen molar-refractivity contribution in [2.24, 2.45) is 11.8 Å². The zero-order valence-electron chi connectivity index (χ0n) is 13.1. The van der Waals surface area contributed by atoms with Crippen molar-refractivity contribution in [3.8, 4) is 0 Å². The predicted molar refractivity (Wildman–Crippen MR) is 81.2 cm³/mol. The van der Waals surface area contributed by atoms with Crippen LogP contribution in [0.2, 0.25) is 0 Å². The summed E-state index contributed by atoms with van der Waals surface area (Å²) in [5.41, 5.74) is 0.973. The lowest BCUT2D eigenvalue weighted by Gasteiger charge is -2.07. The first-order valence-corrected chi connectivity index (χ1v) is 7.45. The molecule has 1 amide bonds. The number of carbonyl (C=O) groups is 1. The van der Waals surface area contributed by atoms with Gasteiger partial charge in [-0.3, -0.25) is 4.79 Å². The number of hydrogen-bond donors (Lipinski definition) is 2. The van der Waals surface area contributed by atoms with E-state index in [0.717, 1.165) is 31.7 Å². The summed E-state index contributed by atoms with van der Waals surface area (Å²) in [6, 6.07) is 0. The highest BCUT2D eigenvalue weighted by atomic mass is 16.1. The Kier molecular flexibility index (Phi) is 7.30. The molecular weight excluding hydrogens is 252 g/mol. The Morgan fingerprint density at radius 1 is 1.30 bits per heavy atom. The Balaban J connectivity index is 2.27. The summed E-state index contributed by atoms with van der Waals surface area (Å²) in [4.78, 5) is 16.0. The maximum absolute atomic E-state index is 11.7. The molecule has 0 aromatic carbocycles. The van der Waals surface area contributed by atoms with Crippen molar-refractivity contribution in [2.75, 3.05) is 13.1 Å². The Labute approximate surface area is 122 Å². The third-order valence-corrected chi connectivity index (χ3v) is 2.92. The van der Waals surface area contributed by atoms with Crippen LogP contribution in [0.15, 0.2) is 12.5 Å². The quantitative estimate of drug-likeness (QED) is 0.725. The predicted octanol–water partition coefficient (Wildman–Crippen LogP) is 1.79. The number of aromatic nitrogens is 2. The van der Waals surface area contributed by atoms with E-state index in [1.54, 1.807) is 6.33 Å². The first-order valence-electron chi connectivity index (χ1n) is 7.45. The first-order chi connectivity index (χ1) is 9.47. The lowest BCUT2D eigenvalue weighted by molar-refractivity contribution is -0.121. The van der Waals surface area contributed by atoms with Crippen molar-refractivity contribution in [1.29, 1.82) is 0 Å². The van der Waals surface area contributed by atoms with Crippen molar-refractivity contribution in [1.82, 2.24) is 20.2 Å². The van der Waals surface area contributed by atoms with Gasteiger partial charge in [0.05, 0.1) is 12.0 Å². The molecule has 1 rings (SSSR count). The van der Waals surface area contributed by atoms with Crippen molar-refractivity contribution in [3.05, 3.63) is 18.2 Å². The molecular formula is C15H28N4O. The fraction of sp³-hybridized carbons (Fsp3) is 0.733. The fourth-order valence-corrected chi connectivity index (χ4v) is 1.80. The number of hydrogen-bond acceptors (Lipinski definition) is 3. The molecule has 0 fully saturated rings. The van der Waals surface area contributed by atoms with Crippen LogP contribution in [0, 0.1) is 11.8 Å². The Hall–Kier alpha value is -1.36. The van der Waals surface area contributed by atoms with Gasteiger partial charge >= 0.3 is 0 Å². The van der Waals surface area contributed by atoms with Crippen LogP contribution in [-0.4, -0.2) is 28.5 Å². The summed E-state index contributed by atoms with van der Waals surface area (Å²) < 4.78 is 1.83. The molecule has 0 bridgehead atoms. The van der Waals surface area contributed by atoms with Crippen LogP contribution in [-0.2, 0) is 17.9 Å². The summed E-state index contributed by atoms with van der Waals surface area (Å²) in [6.07, 6.45) is 4.66. The Bertz CT molecular complexity index is 398. The monoisotopic (exact) mass is 280 g/mol. The molecule has 5 heteroatoms. The summed E-state index contributed by atoms with van der Waals surface area (Å²) in [6.45, 7) is 11.5. The van der Waals surface area contributed by atoms with E-state index >= 15 is 0 Å². The molecule has 1 heterocycles. The summed E-state index contributed by atoms with van der Waals surface area (Å²) in [5.74, 6) is 1.29.